The van der Waals surface area contributed by atoms with Crippen LogP contribution in [0.2, 0.25) is 0 Å². The summed E-state index contributed by atoms with van der Waals surface area (Å²) >= 11 is 0. The van der Waals surface area contributed by atoms with Crippen LogP contribution < -0.4 is 16.4 Å². The van der Waals surface area contributed by atoms with Crippen molar-refractivity contribution in [1.29, 1.82) is 0 Å². The molecule has 0 heterocycles. The minimum atomic E-state index is -1.13. The smallest absolute Gasteiger partial charge is 0.322 e. The normalized spacial score (nSPS) is 11.5. The fourth-order valence-electron chi connectivity index (χ4n) is 1.71. The van der Waals surface area contributed by atoms with E-state index in [-0.39, 0.29) is 24.8 Å². The predicted octanol–water partition coefficient (Wildman–Crippen LogP) is 0.0794. The van der Waals surface area contributed by atoms with Crippen molar-refractivity contribution in [3.05, 3.63) is 29.8 Å². The number of carboxylic acids is 1. The molecular weight excluding hydrogens is 274 g/mol. The average Bonchev–Trinajstić information content (AvgIpc) is 2.43. The Bertz CT molecular complexity index is 513. The number of anilines is 1. The third-order valence-corrected chi connectivity index (χ3v) is 2.88. The number of amides is 2. The molecule has 21 heavy (non-hydrogen) atoms. The number of carbonyl (C=O) groups is 3. The summed E-state index contributed by atoms with van der Waals surface area (Å²) in [6, 6.07) is 7.24. The maximum atomic E-state index is 11.7. The van der Waals surface area contributed by atoms with E-state index in [9.17, 15) is 14.4 Å². The van der Waals surface area contributed by atoms with Gasteiger partial charge in [0.05, 0.1) is 6.54 Å². The zero-order valence-corrected chi connectivity index (χ0v) is 11.8. The van der Waals surface area contributed by atoms with Crippen LogP contribution in [0.4, 0.5) is 5.69 Å². The first-order valence-electron chi connectivity index (χ1n) is 6.49. The third kappa shape index (κ3) is 6.42. The number of carbonyl (C=O) groups excluding carboxylic acids is 2. The highest BCUT2D eigenvalue weighted by Gasteiger charge is 2.12. The lowest BCUT2D eigenvalue weighted by molar-refractivity contribution is -0.137. The number of nitrogens with one attached hydrogen (secondary N) is 2. The number of hydrogen-bond acceptors (Lipinski definition) is 4. The van der Waals surface area contributed by atoms with Crippen molar-refractivity contribution in [1.82, 2.24) is 10.6 Å². The summed E-state index contributed by atoms with van der Waals surface area (Å²) in [6.45, 7) is 1.20. The predicted molar refractivity (Wildman–Crippen MR) is 77.5 cm³/mol. The quantitative estimate of drug-likeness (QED) is 0.530. The Hall–Kier alpha value is -2.57. The summed E-state index contributed by atoms with van der Waals surface area (Å²) in [5, 5.41) is 13.0. The van der Waals surface area contributed by atoms with Gasteiger partial charge in [0.15, 0.2) is 0 Å². The summed E-state index contributed by atoms with van der Waals surface area (Å²) in [4.78, 5) is 33.2. The average molecular weight is 293 g/mol. The number of rotatable bonds is 7. The van der Waals surface area contributed by atoms with Gasteiger partial charge in [-0.1, -0.05) is 19.1 Å². The van der Waals surface area contributed by atoms with Gasteiger partial charge in [0, 0.05) is 12.1 Å². The Morgan fingerprint density at radius 3 is 2.24 bits per heavy atom. The first-order chi connectivity index (χ1) is 9.88. The topological polar surface area (TPSA) is 122 Å². The fourth-order valence-corrected chi connectivity index (χ4v) is 1.71. The molecule has 1 unspecified atom stereocenters. The van der Waals surface area contributed by atoms with Crippen LogP contribution in [0.25, 0.3) is 0 Å². The van der Waals surface area contributed by atoms with E-state index in [1.807, 2.05) is 19.1 Å². The van der Waals surface area contributed by atoms with Crippen LogP contribution in [0.15, 0.2) is 24.3 Å². The Morgan fingerprint density at radius 2 is 1.67 bits per heavy atom. The van der Waals surface area contributed by atoms with E-state index in [1.54, 1.807) is 12.1 Å². The first-order valence-corrected chi connectivity index (χ1v) is 6.49. The molecule has 0 aromatic heterocycles. The molecule has 5 N–H and O–H groups in total. The number of hydrogen-bond donors (Lipinski definition) is 4. The lowest BCUT2D eigenvalue weighted by Gasteiger charge is -2.12. The molecule has 114 valence electrons. The van der Waals surface area contributed by atoms with Crippen LogP contribution >= 0.6 is 0 Å². The molecule has 7 nitrogen and oxygen atoms in total. The monoisotopic (exact) mass is 293 g/mol. The number of nitrogen functional groups attached to an aromatic ring is 1. The van der Waals surface area contributed by atoms with Gasteiger partial charge in [-0.05, 0) is 23.6 Å². The van der Waals surface area contributed by atoms with Crippen LogP contribution in [0, 0.1) is 0 Å². The molecule has 1 aromatic carbocycles. The van der Waals surface area contributed by atoms with E-state index in [4.69, 9.17) is 10.8 Å². The zero-order valence-electron chi connectivity index (χ0n) is 11.8. The van der Waals surface area contributed by atoms with Crippen molar-refractivity contribution in [3.63, 3.8) is 0 Å². The lowest BCUT2D eigenvalue weighted by atomic mass is 9.97. The van der Waals surface area contributed by atoms with Crippen LogP contribution in [0.5, 0.6) is 0 Å². The minimum Gasteiger partial charge on any atom is -0.480 e. The molecule has 1 atom stereocenters. The first kappa shape index (κ1) is 16.5. The van der Waals surface area contributed by atoms with Gasteiger partial charge in [-0.25, -0.2) is 0 Å². The molecule has 0 aliphatic heterocycles. The van der Waals surface area contributed by atoms with Crippen LogP contribution in [-0.2, 0) is 14.4 Å². The Morgan fingerprint density at radius 1 is 1.10 bits per heavy atom. The van der Waals surface area contributed by atoms with Gasteiger partial charge in [-0.3, -0.25) is 14.4 Å². The van der Waals surface area contributed by atoms with Gasteiger partial charge in [0.25, 0.3) is 0 Å². The summed E-state index contributed by atoms with van der Waals surface area (Å²) < 4.78 is 0. The number of carboxylic acid groups (broad SMARTS) is 1. The molecular formula is C14H19N3O4. The van der Waals surface area contributed by atoms with Crippen molar-refractivity contribution in [3.8, 4) is 0 Å². The Kier molecular flexibility index (Phi) is 6.19. The van der Waals surface area contributed by atoms with Crippen molar-refractivity contribution >= 4 is 23.5 Å². The van der Waals surface area contributed by atoms with Gasteiger partial charge >= 0.3 is 5.97 Å². The largest absolute Gasteiger partial charge is 0.480 e. The maximum Gasteiger partial charge on any atom is 0.322 e. The lowest BCUT2D eigenvalue weighted by Crippen LogP contribution is -2.39. The fraction of sp³-hybridized carbons (Fsp3) is 0.357. The molecule has 0 aliphatic carbocycles. The molecule has 0 radical (unpaired) electrons. The second-order valence-electron chi connectivity index (χ2n) is 4.72. The van der Waals surface area contributed by atoms with Crippen molar-refractivity contribution in [2.24, 2.45) is 0 Å². The SMILES string of the molecule is CC(CC(=O)NCC(=O)NCC(=O)O)c1ccc(N)cc1. The van der Waals surface area contributed by atoms with E-state index in [2.05, 4.69) is 10.6 Å². The van der Waals surface area contributed by atoms with Crippen molar-refractivity contribution < 1.29 is 19.5 Å². The number of aliphatic carboxylic acids is 1. The van der Waals surface area contributed by atoms with Gasteiger partial charge in [-0.2, -0.15) is 0 Å². The highest BCUT2D eigenvalue weighted by atomic mass is 16.4. The number of benzene rings is 1. The molecule has 2 amide bonds. The summed E-state index contributed by atoms with van der Waals surface area (Å²) in [5.74, 6) is -1.95. The molecule has 0 saturated heterocycles. The van der Waals surface area contributed by atoms with E-state index in [0.29, 0.717) is 5.69 Å². The number of nitrogens with two attached hydrogens (primary N) is 1. The molecule has 0 spiro atoms. The van der Waals surface area contributed by atoms with Crippen LogP contribution in [-0.4, -0.2) is 36.0 Å². The Balaban J connectivity index is 2.34. The maximum absolute atomic E-state index is 11.7. The second kappa shape index (κ2) is 7.88. The van der Waals surface area contributed by atoms with Gasteiger partial charge < -0.3 is 21.5 Å². The molecule has 0 bridgehead atoms. The molecule has 7 heteroatoms. The third-order valence-electron chi connectivity index (χ3n) is 2.88. The molecule has 0 aliphatic rings. The van der Waals surface area contributed by atoms with Gasteiger partial charge in [-0.15, -0.1) is 0 Å². The standard InChI is InChI=1S/C14H19N3O4/c1-9(10-2-4-11(15)5-3-10)6-12(18)16-7-13(19)17-8-14(20)21/h2-5,9H,6-8,15H2,1H3,(H,16,18)(H,17,19)(H,20,21). The second-order valence-corrected chi connectivity index (χ2v) is 4.72. The minimum absolute atomic E-state index is 0.00678. The van der Waals surface area contributed by atoms with E-state index in [1.165, 1.54) is 0 Å². The highest BCUT2D eigenvalue weighted by molar-refractivity contribution is 5.86. The Labute approximate surface area is 122 Å². The van der Waals surface area contributed by atoms with Crippen LogP contribution in [0.3, 0.4) is 0 Å². The summed E-state index contributed by atoms with van der Waals surface area (Å²) in [7, 11) is 0. The van der Waals surface area contributed by atoms with Gasteiger partial charge in [0.1, 0.15) is 6.54 Å². The zero-order chi connectivity index (χ0) is 15.8. The van der Waals surface area contributed by atoms with Crippen molar-refractivity contribution in [2.75, 3.05) is 18.8 Å². The molecule has 1 aromatic rings. The van der Waals surface area contributed by atoms with Crippen LogP contribution in [0.1, 0.15) is 24.8 Å². The summed E-state index contributed by atoms with van der Waals surface area (Å²) in [6.07, 6.45) is 0.232. The van der Waals surface area contributed by atoms with E-state index < -0.39 is 18.4 Å². The molecule has 0 fully saturated rings. The van der Waals surface area contributed by atoms with Gasteiger partial charge in [0.2, 0.25) is 11.8 Å². The molecule has 0 saturated carbocycles. The van der Waals surface area contributed by atoms with E-state index in [0.717, 1.165) is 5.56 Å². The molecule has 1 rings (SSSR count). The summed E-state index contributed by atoms with van der Waals surface area (Å²) in [5.41, 5.74) is 7.23. The van der Waals surface area contributed by atoms with E-state index >= 15 is 0 Å². The highest BCUT2D eigenvalue weighted by Crippen LogP contribution is 2.19. The van der Waals surface area contributed by atoms with Crippen molar-refractivity contribution in [2.45, 2.75) is 19.3 Å².